The summed E-state index contributed by atoms with van der Waals surface area (Å²) in [6.45, 7) is 4.45. The molecule has 0 bridgehead atoms. The summed E-state index contributed by atoms with van der Waals surface area (Å²) in [4.78, 5) is 8.99. The highest BCUT2D eigenvalue weighted by Gasteiger charge is 2.21. The van der Waals surface area contributed by atoms with Gasteiger partial charge in [-0.25, -0.2) is 4.57 Å². The highest BCUT2D eigenvalue weighted by molar-refractivity contribution is 7.47. The van der Waals surface area contributed by atoms with E-state index in [0.717, 1.165) is 37.7 Å². The molecule has 0 radical (unpaired) electrons. The molecule has 0 aliphatic rings. The Morgan fingerprint density at radius 2 is 1.28 bits per heavy atom. The normalized spacial score (nSPS) is 13.4. The van der Waals surface area contributed by atoms with Crippen LogP contribution in [0.15, 0.2) is 18.2 Å². The van der Waals surface area contributed by atoms with E-state index in [0.29, 0.717) is 0 Å². The molecule has 0 saturated heterocycles. The summed E-state index contributed by atoms with van der Waals surface area (Å²) in [7, 11) is -5.03. The first-order valence-corrected chi connectivity index (χ1v) is 13.3. The Bertz CT molecular complexity index is 585. The minimum Gasteiger partial charge on any atom is -0.401 e. The average Bonchev–Trinajstić information content (AvgIpc) is 2.67. The van der Waals surface area contributed by atoms with E-state index in [1.54, 1.807) is 6.07 Å². The molecular formula is C24H42FO3P. The van der Waals surface area contributed by atoms with Crippen molar-refractivity contribution in [1.82, 2.24) is 0 Å². The number of benzene rings is 1. The Hall–Kier alpha value is -0.860. The lowest BCUT2D eigenvalue weighted by atomic mass is 9.99. The van der Waals surface area contributed by atoms with E-state index < -0.39 is 7.91 Å². The van der Waals surface area contributed by atoms with E-state index in [9.17, 15) is 8.76 Å². The Balaban J connectivity index is 2.50. The van der Waals surface area contributed by atoms with Gasteiger partial charge in [-0.2, -0.15) is 0 Å². The summed E-state index contributed by atoms with van der Waals surface area (Å²) in [5, 5.41) is 0. The minimum absolute atomic E-state index is 0.215. The third-order valence-corrected chi connectivity index (χ3v) is 5.88. The fraction of sp³-hybridized carbons (Fsp3) is 0.750. The van der Waals surface area contributed by atoms with Crippen LogP contribution in [0.1, 0.15) is 115 Å². The maximum absolute atomic E-state index is 13.2. The standard InChI is InChI=1S/C24H42FO3P/c1-3-5-7-9-11-13-15-17-22-19-20-24(28-29(25,26)27)23(21-22)18-16-14-12-10-8-6-4-2/h19-21H,3-18H2,1-2H3,(H,26,27). The largest absolute Gasteiger partial charge is 0.567 e. The van der Waals surface area contributed by atoms with Gasteiger partial charge < -0.3 is 4.52 Å². The van der Waals surface area contributed by atoms with Crippen molar-refractivity contribution in [2.75, 3.05) is 0 Å². The highest BCUT2D eigenvalue weighted by atomic mass is 31.2. The molecule has 1 rings (SSSR count). The van der Waals surface area contributed by atoms with Crippen LogP contribution >= 0.6 is 7.91 Å². The van der Waals surface area contributed by atoms with E-state index in [1.165, 1.54) is 76.2 Å². The van der Waals surface area contributed by atoms with Gasteiger partial charge in [0, 0.05) is 0 Å². The van der Waals surface area contributed by atoms with E-state index in [1.807, 2.05) is 12.1 Å². The van der Waals surface area contributed by atoms with Crippen molar-refractivity contribution in [2.45, 2.75) is 117 Å². The second kappa shape index (κ2) is 15.9. The van der Waals surface area contributed by atoms with Crippen LogP contribution in [0, 0.1) is 0 Å². The molecular weight excluding hydrogens is 386 g/mol. The van der Waals surface area contributed by atoms with Gasteiger partial charge in [0.05, 0.1) is 0 Å². The van der Waals surface area contributed by atoms with Crippen LogP contribution in [0.4, 0.5) is 4.20 Å². The molecule has 1 atom stereocenters. The first-order valence-electron chi connectivity index (χ1n) is 11.8. The van der Waals surface area contributed by atoms with E-state index in [-0.39, 0.29) is 5.75 Å². The van der Waals surface area contributed by atoms with Crippen LogP contribution < -0.4 is 4.52 Å². The second-order valence-electron chi connectivity index (χ2n) is 8.23. The van der Waals surface area contributed by atoms with Gasteiger partial charge in [-0.05, 0) is 42.9 Å². The molecule has 1 aromatic rings. The van der Waals surface area contributed by atoms with Crippen molar-refractivity contribution in [3.05, 3.63) is 29.3 Å². The number of hydrogen-bond donors (Lipinski definition) is 1. The predicted molar refractivity (Wildman–Crippen MR) is 121 cm³/mol. The van der Waals surface area contributed by atoms with Gasteiger partial charge in [-0.1, -0.05) is 103 Å². The van der Waals surface area contributed by atoms with Gasteiger partial charge in [0.15, 0.2) is 0 Å². The van der Waals surface area contributed by atoms with Gasteiger partial charge in [0.1, 0.15) is 5.75 Å². The lowest BCUT2D eigenvalue weighted by Gasteiger charge is -2.13. The number of unbranched alkanes of at least 4 members (excludes halogenated alkanes) is 12. The molecule has 0 aliphatic carbocycles. The monoisotopic (exact) mass is 428 g/mol. The van der Waals surface area contributed by atoms with Crippen LogP contribution in [-0.4, -0.2) is 4.89 Å². The van der Waals surface area contributed by atoms with Gasteiger partial charge in [0.2, 0.25) is 0 Å². The molecule has 5 heteroatoms. The molecule has 0 fully saturated rings. The number of aryl methyl sites for hydroxylation is 2. The van der Waals surface area contributed by atoms with Crippen LogP contribution in [0.25, 0.3) is 0 Å². The predicted octanol–water partition coefficient (Wildman–Crippen LogP) is 8.72. The molecule has 0 saturated carbocycles. The first-order chi connectivity index (χ1) is 14.0. The van der Waals surface area contributed by atoms with Gasteiger partial charge in [-0.15, -0.1) is 4.20 Å². The van der Waals surface area contributed by atoms with Crippen molar-refractivity contribution >= 4 is 7.91 Å². The maximum atomic E-state index is 13.2. The van der Waals surface area contributed by atoms with Crippen LogP contribution in [-0.2, 0) is 17.4 Å². The van der Waals surface area contributed by atoms with Gasteiger partial charge in [0.25, 0.3) is 0 Å². The molecule has 0 amide bonds. The van der Waals surface area contributed by atoms with Crippen molar-refractivity contribution in [1.29, 1.82) is 0 Å². The number of halogens is 1. The van der Waals surface area contributed by atoms with E-state index in [4.69, 9.17) is 9.42 Å². The van der Waals surface area contributed by atoms with Crippen molar-refractivity contribution in [2.24, 2.45) is 0 Å². The summed E-state index contributed by atoms with van der Waals surface area (Å²) in [5.41, 5.74) is 2.06. The van der Waals surface area contributed by atoms with Gasteiger partial charge >= 0.3 is 7.91 Å². The zero-order valence-corrected chi connectivity index (χ0v) is 19.5. The molecule has 29 heavy (non-hydrogen) atoms. The fourth-order valence-corrected chi connectivity index (χ4v) is 4.17. The number of hydrogen-bond acceptors (Lipinski definition) is 2. The smallest absolute Gasteiger partial charge is 0.401 e. The highest BCUT2D eigenvalue weighted by Crippen LogP contribution is 2.45. The second-order valence-corrected chi connectivity index (χ2v) is 9.31. The zero-order valence-electron chi connectivity index (χ0n) is 18.6. The molecule has 1 N–H and O–H groups in total. The fourth-order valence-electron chi connectivity index (χ4n) is 3.75. The Labute approximate surface area is 178 Å². The molecule has 3 nitrogen and oxygen atoms in total. The zero-order chi connectivity index (χ0) is 21.4. The van der Waals surface area contributed by atoms with Crippen LogP contribution in [0.3, 0.4) is 0 Å². The third-order valence-electron chi connectivity index (χ3n) is 5.45. The minimum atomic E-state index is -5.03. The number of rotatable bonds is 18. The summed E-state index contributed by atoms with van der Waals surface area (Å²) in [6, 6.07) is 5.60. The molecule has 0 aromatic heterocycles. The van der Waals surface area contributed by atoms with Crippen LogP contribution in [0.2, 0.25) is 0 Å². The maximum Gasteiger partial charge on any atom is 0.567 e. The molecule has 0 heterocycles. The Kier molecular flexibility index (Phi) is 14.4. The van der Waals surface area contributed by atoms with Crippen molar-refractivity contribution in [3.63, 3.8) is 0 Å². The summed E-state index contributed by atoms with van der Waals surface area (Å²) < 4.78 is 29.0. The molecule has 1 unspecified atom stereocenters. The topological polar surface area (TPSA) is 46.5 Å². The lowest BCUT2D eigenvalue weighted by molar-refractivity contribution is 0.329. The Morgan fingerprint density at radius 3 is 1.79 bits per heavy atom. The first kappa shape index (κ1) is 26.2. The summed E-state index contributed by atoms with van der Waals surface area (Å²) >= 11 is 0. The quantitative estimate of drug-likeness (QED) is 0.188. The molecule has 1 aromatic carbocycles. The van der Waals surface area contributed by atoms with E-state index >= 15 is 0 Å². The van der Waals surface area contributed by atoms with Gasteiger partial charge in [-0.3, -0.25) is 4.89 Å². The van der Waals surface area contributed by atoms with Crippen molar-refractivity contribution < 1.29 is 18.2 Å². The van der Waals surface area contributed by atoms with Crippen LogP contribution in [0.5, 0.6) is 5.75 Å². The lowest BCUT2D eigenvalue weighted by Crippen LogP contribution is -1.97. The summed E-state index contributed by atoms with van der Waals surface area (Å²) in [6.07, 6.45) is 19.0. The molecule has 168 valence electrons. The summed E-state index contributed by atoms with van der Waals surface area (Å²) in [5.74, 6) is 0.215. The molecule has 0 aliphatic heterocycles. The SMILES string of the molecule is CCCCCCCCCc1ccc(OP(=O)(O)F)c(CCCCCCCCC)c1. The van der Waals surface area contributed by atoms with E-state index in [2.05, 4.69) is 13.8 Å². The Morgan fingerprint density at radius 1 is 0.793 bits per heavy atom. The average molecular weight is 429 g/mol. The third kappa shape index (κ3) is 13.9. The van der Waals surface area contributed by atoms with Crippen molar-refractivity contribution in [3.8, 4) is 5.75 Å². The molecule has 0 spiro atoms.